The molecule has 1 N–H and O–H groups in total. The standard InChI is InChI=1S/C15H19ClN4O/c1-7-13(16)18-15(11-5-6-11)19-14(7)17-8(2)12-9(3)20-21-10(12)4/h8,11H,5-6H2,1-4H3,(H,17,18,19). The summed E-state index contributed by atoms with van der Waals surface area (Å²) in [5.74, 6) is 2.94. The van der Waals surface area contributed by atoms with Crippen LogP contribution in [0.3, 0.4) is 0 Å². The van der Waals surface area contributed by atoms with Crippen molar-refractivity contribution in [2.75, 3.05) is 5.32 Å². The Morgan fingerprint density at radius 1 is 1.24 bits per heavy atom. The van der Waals surface area contributed by atoms with Gasteiger partial charge in [0, 0.05) is 17.0 Å². The topological polar surface area (TPSA) is 63.8 Å². The zero-order valence-corrected chi connectivity index (χ0v) is 13.5. The second-order valence-corrected chi connectivity index (χ2v) is 6.08. The van der Waals surface area contributed by atoms with Crippen LogP contribution in [0, 0.1) is 20.8 Å². The van der Waals surface area contributed by atoms with E-state index in [-0.39, 0.29) is 6.04 Å². The molecule has 1 saturated carbocycles. The van der Waals surface area contributed by atoms with Crippen molar-refractivity contribution in [1.29, 1.82) is 0 Å². The van der Waals surface area contributed by atoms with Gasteiger partial charge >= 0.3 is 0 Å². The van der Waals surface area contributed by atoms with Crippen LogP contribution >= 0.6 is 11.6 Å². The highest BCUT2D eigenvalue weighted by atomic mass is 35.5. The Kier molecular flexibility index (Phi) is 3.61. The molecule has 0 saturated heterocycles. The fraction of sp³-hybridized carbons (Fsp3) is 0.533. The summed E-state index contributed by atoms with van der Waals surface area (Å²) in [5.41, 5.74) is 2.84. The van der Waals surface area contributed by atoms with Crippen molar-refractivity contribution in [1.82, 2.24) is 15.1 Å². The lowest BCUT2D eigenvalue weighted by molar-refractivity contribution is 0.392. The minimum atomic E-state index is 0.0490. The molecule has 112 valence electrons. The molecule has 0 aromatic carbocycles. The van der Waals surface area contributed by atoms with Gasteiger partial charge in [0.2, 0.25) is 0 Å². The van der Waals surface area contributed by atoms with E-state index in [1.54, 1.807) is 0 Å². The summed E-state index contributed by atoms with van der Waals surface area (Å²) >= 11 is 6.24. The minimum Gasteiger partial charge on any atom is -0.363 e. The van der Waals surface area contributed by atoms with Gasteiger partial charge in [-0.05, 0) is 40.5 Å². The maximum Gasteiger partial charge on any atom is 0.139 e. The van der Waals surface area contributed by atoms with Gasteiger partial charge in [-0.1, -0.05) is 16.8 Å². The van der Waals surface area contributed by atoms with Gasteiger partial charge in [0.25, 0.3) is 0 Å². The molecule has 1 aliphatic rings. The fourth-order valence-corrected chi connectivity index (χ4v) is 2.73. The molecule has 1 unspecified atom stereocenters. The molecule has 6 heteroatoms. The number of anilines is 1. The summed E-state index contributed by atoms with van der Waals surface area (Å²) in [5, 5.41) is 7.95. The lowest BCUT2D eigenvalue weighted by Gasteiger charge is -2.17. The summed E-state index contributed by atoms with van der Waals surface area (Å²) < 4.78 is 5.23. The minimum absolute atomic E-state index is 0.0490. The van der Waals surface area contributed by atoms with Gasteiger partial charge in [-0.15, -0.1) is 0 Å². The van der Waals surface area contributed by atoms with E-state index in [0.717, 1.165) is 47.1 Å². The molecule has 21 heavy (non-hydrogen) atoms. The van der Waals surface area contributed by atoms with Crippen molar-refractivity contribution in [3.63, 3.8) is 0 Å². The molecule has 2 heterocycles. The van der Waals surface area contributed by atoms with Crippen molar-refractivity contribution in [2.24, 2.45) is 0 Å². The predicted molar refractivity (Wildman–Crippen MR) is 81.8 cm³/mol. The third kappa shape index (κ3) is 2.75. The van der Waals surface area contributed by atoms with Crippen LogP contribution in [0.4, 0.5) is 5.82 Å². The van der Waals surface area contributed by atoms with Crippen LogP contribution in [0.5, 0.6) is 0 Å². The number of aryl methyl sites for hydroxylation is 2. The normalized spacial score (nSPS) is 16.0. The van der Waals surface area contributed by atoms with Gasteiger partial charge in [0.05, 0.1) is 11.7 Å². The van der Waals surface area contributed by atoms with E-state index >= 15 is 0 Å². The Balaban J connectivity index is 1.90. The molecule has 0 bridgehead atoms. The van der Waals surface area contributed by atoms with E-state index in [4.69, 9.17) is 16.1 Å². The molecular weight excluding hydrogens is 288 g/mol. The maximum atomic E-state index is 6.24. The van der Waals surface area contributed by atoms with Crippen LogP contribution in [0.25, 0.3) is 0 Å². The van der Waals surface area contributed by atoms with E-state index in [1.807, 2.05) is 20.8 Å². The number of hydrogen-bond donors (Lipinski definition) is 1. The van der Waals surface area contributed by atoms with E-state index in [2.05, 4.69) is 27.4 Å². The first kappa shape index (κ1) is 14.3. The Bertz CT molecular complexity index is 659. The average Bonchev–Trinajstić information content (AvgIpc) is 3.21. The van der Waals surface area contributed by atoms with E-state index in [9.17, 15) is 0 Å². The van der Waals surface area contributed by atoms with Crippen LogP contribution in [0.1, 0.15) is 60.1 Å². The van der Waals surface area contributed by atoms with Gasteiger partial charge in [-0.25, -0.2) is 9.97 Å². The zero-order valence-electron chi connectivity index (χ0n) is 12.7. The Labute approximate surface area is 129 Å². The smallest absolute Gasteiger partial charge is 0.139 e. The average molecular weight is 307 g/mol. The number of nitrogens with one attached hydrogen (secondary N) is 1. The van der Waals surface area contributed by atoms with Crippen LogP contribution < -0.4 is 5.32 Å². The summed E-state index contributed by atoms with van der Waals surface area (Å²) in [6.07, 6.45) is 2.30. The second-order valence-electron chi connectivity index (χ2n) is 5.72. The highest BCUT2D eigenvalue weighted by Gasteiger charge is 2.28. The molecule has 5 nitrogen and oxygen atoms in total. The number of halogens is 1. The molecule has 3 rings (SSSR count). The van der Waals surface area contributed by atoms with Crippen molar-refractivity contribution < 1.29 is 4.52 Å². The molecule has 0 aliphatic heterocycles. The first-order valence-corrected chi connectivity index (χ1v) is 7.58. The monoisotopic (exact) mass is 306 g/mol. The summed E-state index contributed by atoms with van der Waals surface area (Å²) in [4.78, 5) is 9.03. The van der Waals surface area contributed by atoms with E-state index in [1.165, 1.54) is 0 Å². The lowest BCUT2D eigenvalue weighted by Crippen LogP contribution is -2.12. The van der Waals surface area contributed by atoms with Crippen molar-refractivity contribution in [2.45, 2.75) is 52.5 Å². The first-order chi connectivity index (χ1) is 9.97. The van der Waals surface area contributed by atoms with E-state index < -0.39 is 0 Å². The Hall–Kier alpha value is -1.62. The maximum absolute atomic E-state index is 6.24. The second kappa shape index (κ2) is 5.30. The summed E-state index contributed by atoms with van der Waals surface area (Å²) in [6.45, 7) is 7.86. The first-order valence-electron chi connectivity index (χ1n) is 7.20. The SMILES string of the molecule is Cc1noc(C)c1C(C)Nc1nc(C2CC2)nc(Cl)c1C. The molecule has 0 radical (unpaired) electrons. The van der Waals surface area contributed by atoms with Gasteiger partial charge in [-0.3, -0.25) is 0 Å². The third-order valence-electron chi connectivity index (χ3n) is 3.92. The number of hydrogen-bond acceptors (Lipinski definition) is 5. The van der Waals surface area contributed by atoms with Crippen molar-refractivity contribution in [3.8, 4) is 0 Å². The van der Waals surface area contributed by atoms with Crippen LogP contribution in [0.2, 0.25) is 5.15 Å². The largest absolute Gasteiger partial charge is 0.363 e. The quantitative estimate of drug-likeness (QED) is 0.862. The highest BCUT2D eigenvalue weighted by molar-refractivity contribution is 6.30. The molecule has 0 spiro atoms. The van der Waals surface area contributed by atoms with Gasteiger partial charge in [0.1, 0.15) is 22.6 Å². The molecule has 1 aliphatic carbocycles. The number of rotatable bonds is 4. The number of aromatic nitrogens is 3. The van der Waals surface area contributed by atoms with Gasteiger partial charge in [-0.2, -0.15) is 0 Å². The molecule has 2 aromatic heterocycles. The molecule has 1 atom stereocenters. The number of nitrogens with zero attached hydrogens (tertiary/aromatic N) is 3. The van der Waals surface area contributed by atoms with Crippen molar-refractivity contribution >= 4 is 17.4 Å². The van der Waals surface area contributed by atoms with Gasteiger partial charge < -0.3 is 9.84 Å². The Morgan fingerprint density at radius 2 is 1.95 bits per heavy atom. The van der Waals surface area contributed by atoms with E-state index in [0.29, 0.717) is 11.1 Å². The molecule has 0 amide bonds. The Morgan fingerprint density at radius 3 is 2.52 bits per heavy atom. The fourth-order valence-electron chi connectivity index (χ4n) is 2.56. The predicted octanol–water partition coefficient (Wildman–Crippen LogP) is 4.09. The van der Waals surface area contributed by atoms with Gasteiger partial charge in [0.15, 0.2) is 0 Å². The summed E-state index contributed by atoms with van der Waals surface area (Å²) in [7, 11) is 0. The summed E-state index contributed by atoms with van der Waals surface area (Å²) in [6, 6.07) is 0.0490. The van der Waals surface area contributed by atoms with Crippen LogP contribution in [-0.4, -0.2) is 15.1 Å². The molecule has 2 aromatic rings. The third-order valence-corrected chi connectivity index (χ3v) is 4.29. The lowest BCUT2D eigenvalue weighted by atomic mass is 10.1. The van der Waals surface area contributed by atoms with Crippen molar-refractivity contribution in [3.05, 3.63) is 33.6 Å². The highest BCUT2D eigenvalue weighted by Crippen LogP contribution is 2.39. The molecule has 1 fully saturated rings. The van der Waals surface area contributed by atoms with Crippen LogP contribution in [-0.2, 0) is 0 Å². The molecular formula is C15H19ClN4O. The van der Waals surface area contributed by atoms with Crippen LogP contribution in [0.15, 0.2) is 4.52 Å². The zero-order chi connectivity index (χ0) is 15.1.